The van der Waals surface area contributed by atoms with E-state index in [0.717, 1.165) is 16.9 Å². The first-order chi connectivity index (χ1) is 9.67. The number of rotatable bonds is 2. The van der Waals surface area contributed by atoms with Crippen LogP contribution in [0.25, 0.3) is 0 Å². The van der Waals surface area contributed by atoms with E-state index in [0.29, 0.717) is 12.2 Å². The van der Waals surface area contributed by atoms with Crippen molar-refractivity contribution in [1.82, 2.24) is 0 Å². The van der Waals surface area contributed by atoms with Gasteiger partial charge in [0.15, 0.2) is 0 Å². The van der Waals surface area contributed by atoms with Crippen LogP contribution in [0.5, 0.6) is 11.5 Å². The van der Waals surface area contributed by atoms with Crippen LogP contribution in [0.2, 0.25) is 0 Å². The Balaban J connectivity index is 1.92. The van der Waals surface area contributed by atoms with E-state index in [1.165, 1.54) is 12.1 Å². The molecule has 0 fully saturated rings. The van der Waals surface area contributed by atoms with E-state index in [1.807, 2.05) is 24.3 Å². The number of benzene rings is 2. The fourth-order valence-electron chi connectivity index (χ4n) is 2.52. The van der Waals surface area contributed by atoms with Gasteiger partial charge in [-0.3, -0.25) is 0 Å². The molecule has 0 saturated carbocycles. The van der Waals surface area contributed by atoms with E-state index in [1.54, 1.807) is 13.2 Å². The Bertz CT molecular complexity index is 630. The monoisotopic (exact) mass is 273 g/mol. The van der Waals surface area contributed by atoms with Gasteiger partial charge >= 0.3 is 0 Å². The Kier molecular flexibility index (Phi) is 3.32. The summed E-state index contributed by atoms with van der Waals surface area (Å²) in [4.78, 5) is 0. The number of methoxy groups -OCH3 is 1. The Morgan fingerprint density at radius 1 is 1.25 bits per heavy atom. The molecule has 104 valence electrons. The van der Waals surface area contributed by atoms with Crippen LogP contribution in [-0.4, -0.2) is 7.11 Å². The zero-order valence-corrected chi connectivity index (χ0v) is 11.2. The summed E-state index contributed by atoms with van der Waals surface area (Å²) >= 11 is 0. The minimum Gasteiger partial charge on any atom is -0.497 e. The van der Waals surface area contributed by atoms with Gasteiger partial charge in [-0.2, -0.15) is 0 Å². The van der Waals surface area contributed by atoms with Crippen molar-refractivity contribution in [2.24, 2.45) is 5.73 Å². The van der Waals surface area contributed by atoms with Crippen LogP contribution in [0.15, 0.2) is 42.5 Å². The van der Waals surface area contributed by atoms with E-state index in [2.05, 4.69) is 0 Å². The zero-order chi connectivity index (χ0) is 14.1. The topological polar surface area (TPSA) is 44.5 Å². The molecule has 2 atom stereocenters. The molecular formula is C16H16FNO2. The SMILES string of the molecule is COc1cccc(C2C[C@H](N)c3cc(F)ccc3O2)c1. The Hall–Kier alpha value is -2.07. The molecule has 20 heavy (non-hydrogen) atoms. The van der Waals surface area contributed by atoms with E-state index in [-0.39, 0.29) is 18.0 Å². The van der Waals surface area contributed by atoms with E-state index in [4.69, 9.17) is 15.2 Å². The molecule has 1 aliphatic rings. The fourth-order valence-corrected chi connectivity index (χ4v) is 2.52. The molecule has 0 aliphatic carbocycles. The summed E-state index contributed by atoms with van der Waals surface area (Å²) < 4.78 is 24.4. The van der Waals surface area contributed by atoms with Crippen LogP contribution in [0.1, 0.15) is 29.7 Å². The molecule has 0 saturated heterocycles. The summed E-state index contributed by atoms with van der Waals surface area (Å²) in [7, 11) is 1.63. The van der Waals surface area contributed by atoms with Crippen molar-refractivity contribution >= 4 is 0 Å². The second-order valence-electron chi connectivity index (χ2n) is 4.91. The molecule has 3 nitrogen and oxygen atoms in total. The molecule has 0 spiro atoms. The van der Waals surface area contributed by atoms with Gasteiger partial charge in [0.1, 0.15) is 23.4 Å². The highest BCUT2D eigenvalue weighted by Crippen LogP contribution is 2.40. The highest BCUT2D eigenvalue weighted by Gasteiger charge is 2.27. The van der Waals surface area contributed by atoms with Gasteiger partial charge in [0.05, 0.1) is 7.11 Å². The number of ether oxygens (including phenoxy) is 2. The fraction of sp³-hybridized carbons (Fsp3) is 0.250. The average Bonchev–Trinajstić information content (AvgIpc) is 2.48. The molecule has 2 aromatic carbocycles. The molecule has 0 bridgehead atoms. The van der Waals surface area contributed by atoms with Gasteiger partial charge < -0.3 is 15.2 Å². The molecule has 3 rings (SSSR count). The second kappa shape index (κ2) is 5.13. The normalized spacial score (nSPS) is 20.9. The molecule has 2 aromatic rings. The highest BCUT2D eigenvalue weighted by molar-refractivity contribution is 5.40. The van der Waals surface area contributed by atoms with Crippen LogP contribution in [0.4, 0.5) is 4.39 Å². The van der Waals surface area contributed by atoms with Crippen molar-refractivity contribution in [1.29, 1.82) is 0 Å². The van der Waals surface area contributed by atoms with Gasteiger partial charge in [0, 0.05) is 18.0 Å². The largest absolute Gasteiger partial charge is 0.497 e. The van der Waals surface area contributed by atoms with Crippen molar-refractivity contribution < 1.29 is 13.9 Å². The summed E-state index contributed by atoms with van der Waals surface area (Å²) in [5.74, 6) is 1.14. The van der Waals surface area contributed by atoms with Crippen LogP contribution >= 0.6 is 0 Å². The molecule has 1 unspecified atom stereocenters. The summed E-state index contributed by atoms with van der Waals surface area (Å²) in [6, 6.07) is 12.0. The molecular weight excluding hydrogens is 257 g/mol. The number of hydrogen-bond donors (Lipinski definition) is 1. The maximum Gasteiger partial charge on any atom is 0.126 e. The van der Waals surface area contributed by atoms with Crippen LogP contribution in [-0.2, 0) is 0 Å². The van der Waals surface area contributed by atoms with Crippen molar-refractivity contribution in [2.45, 2.75) is 18.6 Å². The molecule has 2 N–H and O–H groups in total. The van der Waals surface area contributed by atoms with E-state index in [9.17, 15) is 4.39 Å². The molecule has 0 aromatic heterocycles. The zero-order valence-electron chi connectivity index (χ0n) is 11.2. The first-order valence-corrected chi connectivity index (χ1v) is 6.53. The minimum absolute atomic E-state index is 0.141. The van der Waals surface area contributed by atoms with Crippen molar-refractivity contribution in [3.05, 3.63) is 59.4 Å². The Morgan fingerprint density at radius 2 is 2.10 bits per heavy atom. The summed E-state index contributed by atoms with van der Waals surface area (Å²) in [5.41, 5.74) is 7.87. The van der Waals surface area contributed by atoms with Gasteiger partial charge in [-0.1, -0.05) is 12.1 Å². The maximum atomic E-state index is 13.3. The summed E-state index contributed by atoms with van der Waals surface area (Å²) in [6.45, 7) is 0. The smallest absolute Gasteiger partial charge is 0.126 e. The second-order valence-corrected chi connectivity index (χ2v) is 4.91. The number of fused-ring (bicyclic) bond motifs is 1. The first kappa shape index (κ1) is 12.9. The predicted octanol–water partition coefficient (Wildman–Crippen LogP) is 3.36. The standard InChI is InChI=1S/C16H16FNO2/c1-19-12-4-2-3-10(7-12)16-9-14(18)13-8-11(17)5-6-15(13)20-16/h2-8,14,16H,9,18H2,1H3/t14-,16?/m0/s1. The van der Waals surface area contributed by atoms with Gasteiger partial charge in [0.25, 0.3) is 0 Å². The molecule has 1 heterocycles. The lowest BCUT2D eigenvalue weighted by Gasteiger charge is -2.30. The number of nitrogens with two attached hydrogens (primary N) is 1. The van der Waals surface area contributed by atoms with Gasteiger partial charge in [-0.05, 0) is 35.9 Å². The number of hydrogen-bond acceptors (Lipinski definition) is 3. The quantitative estimate of drug-likeness (QED) is 0.912. The van der Waals surface area contributed by atoms with Gasteiger partial charge in [-0.15, -0.1) is 0 Å². The third-order valence-corrected chi connectivity index (χ3v) is 3.57. The Labute approximate surface area is 117 Å². The highest BCUT2D eigenvalue weighted by atomic mass is 19.1. The summed E-state index contributed by atoms with van der Waals surface area (Å²) in [6.07, 6.45) is 0.474. The van der Waals surface area contributed by atoms with E-state index >= 15 is 0 Å². The summed E-state index contributed by atoms with van der Waals surface area (Å²) in [5, 5.41) is 0. The van der Waals surface area contributed by atoms with Gasteiger partial charge in [-0.25, -0.2) is 4.39 Å². The van der Waals surface area contributed by atoms with Crippen LogP contribution in [0.3, 0.4) is 0 Å². The lowest BCUT2D eigenvalue weighted by atomic mass is 9.93. The molecule has 0 radical (unpaired) electrons. The van der Waals surface area contributed by atoms with Crippen molar-refractivity contribution in [3.8, 4) is 11.5 Å². The van der Waals surface area contributed by atoms with E-state index < -0.39 is 0 Å². The Morgan fingerprint density at radius 3 is 2.90 bits per heavy atom. The molecule has 4 heteroatoms. The van der Waals surface area contributed by atoms with Crippen LogP contribution < -0.4 is 15.2 Å². The van der Waals surface area contributed by atoms with Crippen LogP contribution in [0, 0.1) is 5.82 Å². The van der Waals surface area contributed by atoms with Crippen molar-refractivity contribution in [2.75, 3.05) is 7.11 Å². The minimum atomic E-state index is -0.289. The predicted molar refractivity (Wildman–Crippen MR) is 74.3 cm³/mol. The third kappa shape index (κ3) is 2.34. The lowest BCUT2D eigenvalue weighted by molar-refractivity contribution is 0.161. The lowest BCUT2D eigenvalue weighted by Crippen LogP contribution is -2.24. The molecule has 1 aliphatic heterocycles. The van der Waals surface area contributed by atoms with Gasteiger partial charge in [0.2, 0.25) is 0 Å². The third-order valence-electron chi connectivity index (χ3n) is 3.57. The maximum absolute atomic E-state index is 13.3. The molecule has 0 amide bonds. The van der Waals surface area contributed by atoms with Crippen molar-refractivity contribution in [3.63, 3.8) is 0 Å². The average molecular weight is 273 g/mol. The number of halogens is 1. The first-order valence-electron chi connectivity index (χ1n) is 6.53.